The van der Waals surface area contributed by atoms with Crippen molar-refractivity contribution in [2.45, 2.75) is 33.6 Å². The molecule has 2 aromatic heterocycles. The minimum Gasteiger partial charge on any atom is -0.466 e. The second-order valence-corrected chi connectivity index (χ2v) is 8.86. The number of nitrogens with zero attached hydrogens (tertiary/aromatic N) is 3. The Bertz CT molecular complexity index is 1080. The number of esters is 1. The van der Waals surface area contributed by atoms with Crippen LogP contribution < -0.4 is 0 Å². The van der Waals surface area contributed by atoms with Gasteiger partial charge in [-0.15, -0.1) is 11.3 Å². The minimum atomic E-state index is -0.157. The number of hydrogen-bond acceptors (Lipinski definition) is 5. The molecule has 0 radical (unpaired) electrons. The molecule has 162 valence electrons. The molecule has 0 N–H and O–H groups in total. The molecule has 0 unspecified atom stereocenters. The van der Waals surface area contributed by atoms with Crippen LogP contribution >= 0.6 is 11.3 Å². The number of aromatic nitrogens is 2. The van der Waals surface area contributed by atoms with E-state index in [0.717, 1.165) is 27.4 Å². The van der Waals surface area contributed by atoms with E-state index in [0.29, 0.717) is 38.2 Å². The van der Waals surface area contributed by atoms with Crippen molar-refractivity contribution >= 4 is 23.2 Å². The highest BCUT2D eigenvalue weighted by molar-refractivity contribution is 7.13. The van der Waals surface area contributed by atoms with Crippen LogP contribution in [0.3, 0.4) is 0 Å². The topological polar surface area (TPSA) is 64.4 Å². The molecule has 0 atom stereocenters. The third-order valence-corrected chi connectivity index (χ3v) is 6.59. The van der Waals surface area contributed by atoms with E-state index in [1.807, 2.05) is 49.3 Å². The van der Waals surface area contributed by atoms with Gasteiger partial charge in [-0.25, -0.2) is 4.68 Å². The maximum atomic E-state index is 13.5. The number of ether oxygens (including phenoxy) is 1. The maximum Gasteiger partial charge on any atom is 0.309 e. The first-order valence-electron chi connectivity index (χ1n) is 10.7. The van der Waals surface area contributed by atoms with Crippen LogP contribution in [0.25, 0.3) is 16.3 Å². The summed E-state index contributed by atoms with van der Waals surface area (Å²) in [6.07, 6.45) is 1.25. The quantitative estimate of drug-likeness (QED) is 0.546. The predicted molar refractivity (Wildman–Crippen MR) is 122 cm³/mol. The fourth-order valence-corrected chi connectivity index (χ4v) is 4.63. The van der Waals surface area contributed by atoms with Crippen LogP contribution in [0.5, 0.6) is 0 Å². The van der Waals surface area contributed by atoms with Crippen molar-refractivity contribution in [2.75, 3.05) is 19.7 Å². The van der Waals surface area contributed by atoms with Crippen molar-refractivity contribution in [3.05, 3.63) is 58.6 Å². The lowest BCUT2D eigenvalue weighted by molar-refractivity contribution is -0.149. The number of benzene rings is 1. The van der Waals surface area contributed by atoms with Crippen molar-refractivity contribution in [1.29, 1.82) is 0 Å². The van der Waals surface area contributed by atoms with Crippen LogP contribution in [0.1, 0.15) is 41.4 Å². The van der Waals surface area contributed by atoms with Crippen molar-refractivity contribution in [3.63, 3.8) is 0 Å². The van der Waals surface area contributed by atoms with Crippen LogP contribution in [-0.2, 0) is 9.53 Å². The van der Waals surface area contributed by atoms with E-state index < -0.39 is 0 Å². The van der Waals surface area contributed by atoms with Crippen LogP contribution in [0.2, 0.25) is 0 Å². The van der Waals surface area contributed by atoms with Gasteiger partial charge in [0.05, 0.1) is 23.1 Å². The van der Waals surface area contributed by atoms with Gasteiger partial charge in [0.15, 0.2) is 0 Å². The Morgan fingerprint density at radius 1 is 1.16 bits per heavy atom. The summed E-state index contributed by atoms with van der Waals surface area (Å²) in [6, 6.07) is 12.1. The molecule has 1 saturated heterocycles. The number of amides is 1. The fraction of sp³-hybridized carbons (Fsp3) is 0.375. The molecule has 0 aliphatic carbocycles. The number of aryl methyl sites for hydroxylation is 2. The molecule has 3 heterocycles. The van der Waals surface area contributed by atoms with Gasteiger partial charge in [0.25, 0.3) is 5.91 Å². The van der Waals surface area contributed by atoms with Gasteiger partial charge in [0, 0.05) is 13.1 Å². The van der Waals surface area contributed by atoms with E-state index in [9.17, 15) is 9.59 Å². The fourth-order valence-electron chi connectivity index (χ4n) is 3.95. The lowest BCUT2D eigenvalue weighted by Gasteiger charge is -2.31. The molecule has 4 rings (SSSR count). The Morgan fingerprint density at radius 3 is 2.61 bits per heavy atom. The molecule has 1 aliphatic heterocycles. The molecule has 31 heavy (non-hydrogen) atoms. The van der Waals surface area contributed by atoms with Crippen molar-refractivity contribution in [3.8, 4) is 16.3 Å². The predicted octanol–water partition coefficient (Wildman–Crippen LogP) is 4.63. The molecule has 1 fully saturated rings. The molecule has 1 amide bonds. The summed E-state index contributed by atoms with van der Waals surface area (Å²) in [4.78, 5) is 28.4. The first kappa shape index (κ1) is 21.3. The SMILES string of the molecule is CCOC(=O)C1CCN(C(=O)c2cc(-c3cccs3)nn2-c2cc(C)ccc2C)CC1. The highest BCUT2D eigenvalue weighted by Crippen LogP contribution is 2.29. The van der Waals surface area contributed by atoms with E-state index >= 15 is 0 Å². The summed E-state index contributed by atoms with van der Waals surface area (Å²) >= 11 is 1.60. The van der Waals surface area contributed by atoms with Crippen LogP contribution in [-0.4, -0.2) is 46.3 Å². The Morgan fingerprint density at radius 2 is 1.94 bits per heavy atom. The summed E-state index contributed by atoms with van der Waals surface area (Å²) in [7, 11) is 0. The number of likely N-dealkylation sites (tertiary alicyclic amines) is 1. The summed E-state index contributed by atoms with van der Waals surface area (Å²) < 4.78 is 6.93. The number of piperidine rings is 1. The van der Waals surface area contributed by atoms with Gasteiger partial charge in [-0.3, -0.25) is 9.59 Å². The number of carbonyl (C=O) groups is 2. The molecule has 0 saturated carbocycles. The molecule has 1 aromatic carbocycles. The van der Waals surface area contributed by atoms with Crippen LogP contribution in [0, 0.1) is 19.8 Å². The molecule has 1 aliphatic rings. The lowest BCUT2D eigenvalue weighted by Crippen LogP contribution is -2.41. The summed E-state index contributed by atoms with van der Waals surface area (Å²) in [5.41, 5.74) is 4.42. The molecule has 0 spiro atoms. The van der Waals surface area contributed by atoms with E-state index in [4.69, 9.17) is 9.84 Å². The molecule has 0 bridgehead atoms. The second kappa shape index (κ2) is 9.06. The highest BCUT2D eigenvalue weighted by atomic mass is 32.1. The van der Waals surface area contributed by atoms with Crippen molar-refractivity contribution in [1.82, 2.24) is 14.7 Å². The Balaban J connectivity index is 1.65. The lowest BCUT2D eigenvalue weighted by atomic mass is 9.97. The minimum absolute atomic E-state index is 0.0569. The van der Waals surface area contributed by atoms with E-state index in [-0.39, 0.29) is 17.8 Å². The first-order chi connectivity index (χ1) is 15.0. The molecule has 6 nitrogen and oxygen atoms in total. The Hall–Kier alpha value is -2.93. The summed E-state index contributed by atoms with van der Waals surface area (Å²) in [5.74, 6) is -0.344. The number of carbonyl (C=O) groups excluding carboxylic acids is 2. The monoisotopic (exact) mass is 437 g/mol. The van der Waals surface area contributed by atoms with Crippen molar-refractivity contribution < 1.29 is 14.3 Å². The average Bonchev–Trinajstić information content (AvgIpc) is 3.45. The smallest absolute Gasteiger partial charge is 0.309 e. The zero-order valence-corrected chi connectivity index (χ0v) is 18.9. The van der Waals surface area contributed by atoms with Gasteiger partial charge in [-0.1, -0.05) is 18.2 Å². The van der Waals surface area contributed by atoms with Crippen molar-refractivity contribution in [2.24, 2.45) is 5.92 Å². The normalized spacial score (nSPS) is 14.6. The highest BCUT2D eigenvalue weighted by Gasteiger charge is 2.30. The molecule has 7 heteroatoms. The van der Waals surface area contributed by atoms with Gasteiger partial charge in [-0.2, -0.15) is 5.10 Å². The first-order valence-corrected chi connectivity index (χ1v) is 11.5. The summed E-state index contributed by atoms with van der Waals surface area (Å²) in [6.45, 7) is 7.34. The van der Waals surface area contributed by atoms with Gasteiger partial charge >= 0.3 is 5.97 Å². The zero-order valence-electron chi connectivity index (χ0n) is 18.1. The van der Waals surface area contributed by atoms with Crippen LogP contribution in [0.4, 0.5) is 0 Å². The van der Waals surface area contributed by atoms with Gasteiger partial charge in [-0.05, 0) is 68.3 Å². The average molecular weight is 438 g/mol. The van der Waals surface area contributed by atoms with E-state index in [2.05, 4.69) is 18.2 Å². The number of rotatable bonds is 5. The maximum absolute atomic E-state index is 13.5. The molecular formula is C24H27N3O3S. The Labute approximate surface area is 186 Å². The van der Waals surface area contributed by atoms with Gasteiger partial charge in [0.1, 0.15) is 11.4 Å². The Kier molecular flexibility index (Phi) is 6.23. The second-order valence-electron chi connectivity index (χ2n) is 7.91. The zero-order chi connectivity index (χ0) is 22.0. The molecule has 3 aromatic rings. The number of hydrogen-bond donors (Lipinski definition) is 0. The van der Waals surface area contributed by atoms with E-state index in [1.165, 1.54) is 0 Å². The van der Waals surface area contributed by atoms with E-state index in [1.54, 1.807) is 16.0 Å². The van der Waals surface area contributed by atoms with Crippen LogP contribution in [0.15, 0.2) is 41.8 Å². The standard InChI is InChI=1S/C24H27N3O3S/c1-4-30-24(29)18-9-11-26(12-10-18)23(28)21-15-19(22-6-5-13-31-22)25-27(21)20-14-16(2)7-8-17(20)3/h5-8,13-15,18H,4,9-12H2,1-3H3. The third-order valence-electron chi connectivity index (χ3n) is 5.70. The number of thiophene rings is 1. The van der Waals surface area contributed by atoms with Gasteiger partial charge < -0.3 is 9.64 Å². The largest absolute Gasteiger partial charge is 0.466 e. The molecular weight excluding hydrogens is 410 g/mol. The third kappa shape index (κ3) is 4.42. The summed E-state index contributed by atoms with van der Waals surface area (Å²) in [5, 5.41) is 6.82. The van der Waals surface area contributed by atoms with Gasteiger partial charge in [0.2, 0.25) is 0 Å².